The monoisotopic (exact) mass is 247 g/mol. The minimum atomic E-state index is -0.633. The van der Waals surface area contributed by atoms with Crippen molar-refractivity contribution in [2.24, 2.45) is 0 Å². The summed E-state index contributed by atoms with van der Waals surface area (Å²) in [6.45, 7) is 3.78. The van der Waals surface area contributed by atoms with Crippen LogP contribution < -0.4 is 11.0 Å². The second-order valence-electron chi connectivity index (χ2n) is 4.22. The first-order chi connectivity index (χ1) is 8.54. The molecule has 2 N–H and O–H groups in total. The summed E-state index contributed by atoms with van der Waals surface area (Å²) in [5, 5.41) is 8.99. The molecule has 0 radical (unpaired) electrons. The lowest BCUT2D eigenvalue weighted by Crippen LogP contribution is -2.23. The summed E-state index contributed by atoms with van der Waals surface area (Å²) in [6, 6.07) is 4.50. The van der Waals surface area contributed by atoms with Crippen molar-refractivity contribution in [3.8, 4) is 0 Å². The lowest BCUT2D eigenvalue weighted by Gasteiger charge is -2.10. The van der Waals surface area contributed by atoms with Gasteiger partial charge < -0.3 is 0 Å². The molecule has 2 rings (SSSR count). The smallest absolute Gasteiger partial charge is 0.274 e. The molecule has 0 aliphatic rings. The van der Waals surface area contributed by atoms with Gasteiger partial charge in [-0.2, -0.15) is 0 Å². The number of benzene rings is 1. The number of aromatic nitrogens is 2. The van der Waals surface area contributed by atoms with Crippen molar-refractivity contribution < 1.29 is 10.0 Å². The SMILES string of the molecule is CC(C)n1cnc2cc(C(=O)NO)ccc2c1=O. The van der Waals surface area contributed by atoms with Gasteiger partial charge in [0, 0.05) is 11.6 Å². The Morgan fingerprint density at radius 1 is 1.44 bits per heavy atom. The van der Waals surface area contributed by atoms with Crippen LogP contribution in [0.3, 0.4) is 0 Å². The van der Waals surface area contributed by atoms with E-state index in [-0.39, 0.29) is 17.2 Å². The zero-order valence-corrected chi connectivity index (χ0v) is 10.0. The van der Waals surface area contributed by atoms with Crippen LogP contribution >= 0.6 is 0 Å². The second kappa shape index (κ2) is 4.58. The van der Waals surface area contributed by atoms with Gasteiger partial charge in [-0.25, -0.2) is 10.5 Å². The van der Waals surface area contributed by atoms with Gasteiger partial charge in [-0.3, -0.25) is 19.4 Å². The number of carbonyl (C=O) groups is 1. The van der Waals surface area contributed by atoms with Crippen LogP contribution in [0.25, 0.3) is 10.9 Å². The first-order valence-electron chi connectivity index (χ1n) is 5.50. The maximum atomic E-state index is 12.1. The van der Waals surface area contributed by atoms with Crippen LogP contribution in [0.15, 0.2) is 29.3 Å². The van der Waals surface area contributed by atoms with E-state index in [1.807, 2.05) is 13.8 Å². The van der Waals surface area contributed by atoms with Crippen molar-refractivity contribution in [2.75, 3.05) is 0 Å². The Morgan fingerprint density at radius 3 is 2.78 bits per heavy atom. The van der Waals surface area contributed by atoms with Gasteiger partial charge in [-0.15, -0.1) is 0 Å². The molecule has 0 aliphatic heterocycles. The summed E-state index contributed by atoms with van der Waals surface area (Å²) in [4.78, 5) is 27.5. The number of fused-ring (bicyclic) bond motifs is 1. The van der Waals surface area contributed by atoms with Crippen LogP contribution in [0.1, 0.15) is 30.2 Å². The average Bonchev–Trinajstić information content (AvgIpc) is 2.37. The predicted octanol–water partition coefficient (Wildman–Crippen LogP) is 1.10. The topological polar surface area (TPSA) is 84.2 Å². The molecule has 0 bridgehead atoms. The molecular formula is C12H13N3O3. The van der Waals surface area contributed by atoms with Crippen molar-refractivity contribution in [2.45, 2.75) is 19.9 Å². The Morgan fingerprint density at radius 2 is 2.17 bits per heavy atom. The number of amides is 1. The largest absolute Gasteiger partial charge is 0.296 e. The molecule has 18 heavy (non-hydrogen) atoms. The van der Waals surface area contributed by atoms with Crippen LogP contribution in [0.2, 0.25) is 0 Å². The fraction of sp³-hybridized carbons (Fsp3) is 0.250. The lowest BCUT2D eigenvalue weighted by atomic mass is 10.1. The molecular weight excluding hydrogens is 234 g/mol. The Hall–Kier alpha value is -2.21. The molecule has 94 valence electrons. The Balaban J connectivity index is 2.65. The van der Waals surface area contributed by atoms with Crippen molar-refractivity contribution in [1.82, 2.24) is 15.0 Å². The standard InChI is InChI=1S/C12H13N3O3/c1-7(2)15-6-13-10-5-8(11(16)14-18)3-4-9(10)12(15)17/h3-7,18H,1-2H3,(H,14,16). The third kappa shape index (κ3) is 1.98. The van der Waals surface area contributed by atoms with Gasteiger partial charge in [0.15, 0.2) is 0 Å². The number of hydrogen-bond donors (Lipinski definition) is 2. The highest BCUT2D eigenvalue weighted by Gasteiger charge is 2.10. The second-order valence-corrected chi connectivity index (χ2v) is 4.22. The highest BCUT2D eigenvalue weighted by molar-refractivity contribution is 5.96. The van der Waals surface area contributed by atoms with Crippen LogP contribution in [-0.4, -0.2) is 20.7 Å². The van der Waals surface area contributed by atoms with Crippen LogP contribution in [0.5, 0.6) is 0 Å². The van der Waals surface area contributed by atoms with Gasteiger partial charge >= 0.3 is 0 Å². The predicted molar refractivity (Wildman–Crippen MR) is 65.6 cm³/mol. The first kappa shape index (κ1) is 12.3. The summed E-state index contributed by atoms with van der Waals surface area (Å²) < 4.78 is 1.52. The number of carbonyl (C=O) groups excluding carboxylic acids is 1. The Bertz CT molecular complexity index is 661. The van der Waals surface area contributed by atoms with Gasteiger partial charge in [0.2, 0.25) is 0 Å². The van der Waals surface area contributed by atoms with Crippen molar-refractivity contribution >= 4 is 16.8 Å². The number of hydrogen-bond acceptors (Lipinski definition) is 4. The molecule has 1 heterocycles. The molecule has 0 atom stereocenters. The molecule has 0 saturated carbocycles. The van der Waals surface area contributed by atoms with Crippen LogP contribution in [0, 0.1) is 0 Å². The quantitative estimate of drug-likeness (QED) is 0.614. The van der Waals surface area contributed by atoms with E-state index in [1.54, 1.807) is 5.48 Å². The third-order valence-corrected chi connectivity index (χ3v) is 2.70. The van der Waals surface area contributed by atoms with E-state index in [0.717, 1.165) is 0 Å². The van der Waals surface area contributed by atoms with Crippen molar-refractivity contribution in [3.63, 3.8) is 0 Å². The zero-order chi connectivity index (χ0) is 13.3. The van der Waals surface area contributed by atoms with Crippen molar-refractivity contribution in [1.29, 1.82) is 0 Å². The summed E-state index contributed by atoms with van der Waals surface area (Å²) in [6.07, 6.45) is 1.45. The number of nitrogens with zero attached hydrogens (tertiary/aromatic N) is 2. The molecule has 0 spiro atoms. The number of hydroxylamine groups is 1. The zero-order valence-electron chi connectivity index (χ0n) is 10.0. The molecule has 0 saturated heterocycles. The van der Waals surface area contributed by atoms with E-state index in [1.165, 1.54) is 29.1 Å². The first-order valence-corrected chi connectivity index (χ1v) is 5.50. The average molecular weight is 247 g/mol. The summed E-state index contributed by atoms with van der Waals surface area (Å²) in [5.41, 5.74) is 2.07. The fourth-order valence-corrected chi connectivity index (χ4v) is 1.71. The van der Waals surface area contributed by atoms with Crippen LogP contribution in [-0.2, 0) is 0 Å². The molecule has 6 nitrogen and oxygen atoms in total. The normalized spacial score (nSPS) is 10.9. The Labute approximate surface area is 103 Å². The Kier molecular flexibility index (Phi) is 3.12. The minimum absolute atomic E-state index is 0.0230. The van der Waals surface area contributed by atoms with E-state index < -0.39 is 5.91 Å². The molecule has 1 aromatic carbocycles. The van der Waals surface area contributed by atoms with Crippen molar-refractivity contribution in [3.05, 3.63) is 40.4 Å². The minimum Gasteiger partial charge on any atom is -0.296 e. The maximum Gasteiger partial charge on any atom is 0.274 e. The number of nitrogens with one attached hydrogen (secondary N) is 1. The molecule has 1 aromatic heterocycles. The third-order valence-electron chi connectivity index (χ3n) is 2.70. The van der Waals surface area contributed by atoms with Gasteiger partial charge in [0.05, 0.1) is 17.2 Å². The molecule has 1 amide bonds. The molecule has 0 fully saturated rings. The molecule has 2 aromatic rings. The molecule has 6 heteroatoms. The van der Waals surface area contributed by atoms with Gasteiger partial charge in [-0.05, 0) is 32.0 Å². The van der Waals surface area contributed by atoms with E-state index in [0.29, 0.717) is 10.9 Å². The van der Waals surface area contributed by atoms with Crippen LogP contribution in [0.4, 0.5) is 0 Å². The highest BCUT2D eigenvalue weighted by Crippen LogP contribution is 2.11. The number of rotatable bonds is 2. The summed E-state index contributed by atoms with van der Waals surface area (Å²) in [5.74, 6) is -0.633. The van der Waals surface area contributed by atoms with Gasteiger partial charge in [0.1, 0.15) is 0 Å². The van der Waals surface area contributed by atoms with E-state index in [9.17, 15) is 9.59 Å². The van der Waals surface area contributed by atoms with E-state index in [2.05, 4.69) is 4.98 Å². The van der Waals surface area contributed by atoms with E-state index in [4.69, 9.17) is 5.21 Å². The summed E-state index contributed by atoms with van der Waals surface area (Å²) in [7, 11) is 0. The van der Waals surface area contributed by atoms with Gasteiger partial charge in [0.25, 0.3) is 11.5 Å². The van der Waals surface area contributed by atoms with Gasteiger partial charge in [-0.1, -0.05) is 0 Å². The highest BCUT2D eigenvalue weighted by atomic mass is 16.5. The maximum absolute atomic E-state index is 12.1. The molecule has 0 aliphatic carbocycles. The molecule has 0 unspecified atom stereocenters. The lowest BCUT2D eigenvalue weighted by molar-refractivity contribution is 0.0706. The summed E-state index contributed by atoms with van der Waals surface area (Å²) >= 11 is 0. The van der Waals surface area contributed by atoms with E-state index >= 15 is 0 Å². The fourth-order valence-electron chi connectivity index (χ4n) is 1.71.